The monoisotopic (exact) mass is 181 g/mol. The molecule has 0 saturated carbocycles. The maximum atomic E-state index is 11.6. The first kappa shape index (κ1) is 8.75. The van der Waals surface area contributed by atoms with Gasteiger partial charge in [0.25, 0.3) is 0 Å². The number of carbonyl (C=O) groups is 1. The van der Waals surface area contributed by atoms with Gasteiger partial charge in [0.05, 0.1) is 12.9 Å². The van der Waals surface area contributed by atoms with E-state index >= 15 is 0 Å². The highest BCUT2D eigenvalue weighted by Crippen LogP contribution is 2.18. The van der Waals surface area contributed by atoms with Crippen LogP contribution in [0.25, 0.3) is 0 Å². The first-order valence-electron chi connectivity index (χ1n) is 4.91. The van der Waals surface area contributed by atoms with Gasteiger partial charge in [0.1, 0.15) is 0 Å². The summed E-state index contributed by atoms with van der Waals surface area (Å²) in [7, 11) is 0. The van der Waals surface area contributed by atoms with Gasteiger partial charge in [-0.3, -0.25) is 4.79 Å². The normalized spacial score (nSPS) is 22.9. The second kappa shape index (κ2) is 3.92. The molecule has 1 N–H and O–H groups in total. The van der Waals surface area contributed by atoms with Gasteiger partial charge in [-0.25, -0.2) is 0 Å². The largest absolute Gasteiger partial charge is 0.501 e. The van der Waals surface area contributed by atoms with Crippen molar-refractivity contribution in [3.63, 3.8) is 0 Å². The molecule has 0 unspecified atom stereocenters. The van der Waals surface area contributed by atoms with Gasteiger partial charge in [-0.2, -0.15) is 0 Å². The van der Waals surface area contributed by atoms with Gasteiger partial charge in [0.2, 0.25) is 0 Å². The molecular weight excluding hydrogens is 166 g/mol. The summed E-state index contributed by atoms with van der Waals surface area (Å²) in [6.45, 7) is 2.77. The molecule has 0 radical (unpaired) electrons. The van der Waals surface area contributed by atoms with Gasteiger partial charge in [-0.15, -0.1) is 0 Å². The number of Topliss-reactive ketones (excluding diaryl/α,β-unsaturated/α-hetero) is 1. The number of allylic oxidation sites excluding steroid dienone is 1. The van der Waals surface area contributed by atoms with E-state index in [0.29, 0.717) is 12.3 Å². The van der Waals surface area contributed by atoms with E-state index in [1.54, 1.807) is 6.26 Å². The molecule has 13 heavy (non-hydrogen) atoms. The smallest absolute Gasteiger partial charge is 0.162 e. The average Bonchev–Trinajstić information content (AvgIpc) is 2.12. The zero-order valence-corrected chi connectivity index (χ0v) is 7.71. The van der Waals surface area contributed by atoms with Gasteiger partial charge >= 0.3 is 0 Å². The molecule has 0 spiro atoms. The van der Waals surface area contributed by atoms with Crippen molar-refractivity contribution in [2.45, 2.75) is 19.3 Å². The van der Waals surface area contributed by atoms with Crippen LogP contribution in [0.3, 0.4) is 0 Å². The van der Waals surface area contributed by atoms with Crippen LogP contribution >= 0.6 is 0 Å². The van der Waals surface area contributed by atoms with Crippen molar-refractivity contribution >= 4 is 5.78 Å². The van der Waals surface area contributed by atoms with Gasteiger partial charge in [-0.05, 0) is 31.8 Å². The van der Waals surface area contributed by atoms with Crippen LogP contribution < -0.4 is 5.32 Å². The van der Waals surface area contributed by atoms with Crippen molar-refractivity contribution in [3.8, 4) is 0 Å². The van der Waals surface area contributed by atoms with Crippen molar-refractivity contribution < 1.29 is 9.53 Å². The first-order chi connectivity index (χ1) is 6.36. The maximum Gasteiger partial charge on any atom is 0.162 e. The van der Waals surface area contributed by atoms with E-state index in [2.05, 4.69) is 5.32 Å². The van der Waals surface area contributed by atoms with E-state index in [0.717, 1.165) is 38.1 Å². The van der Waals surface area contributed by atoms with Crippen LogP contribution in [0.4, 0.5) is 0 Å². The summed E-state index contributed by atoms with van der Waals surface area (Å²) in [5, 5.41) is 3.17. The Morgan fingerprint density at radius 2 is 2.46 bits per heavy atom. The molecule has 1 saturated heterocycles. The lowest BCUT2D eigenvalue weighted by atomic mass is 9.92. The molecule has 3 nitrogen and oxygen atoms in total. The predicted octanol–water partition coefficient (Wildman–Crippen LogP) is 0.859. The maximum absolute atomic E-state index is 11.6. The fourth-order valence-electron chi connectivity index (χ4n) is 1.66. The highest BCUT2D eigenvalue weighted by Gasteiger charge is 2.22. The third-order valence-corrected chi connectivity index (χ3v) is 2.63. The van der Waals surface area contributed by atoms with Crippen LogP contribution in [-0.2, 0) is 9.53 Å². The van der Waals surface area contributed by atoms with Crippen molar-refractivity contribution in [1.29, 1.82) is 0 Å². The second-order valence-corrected chi connectivity index (χ2v) is 3.77. The summed E-state index contributed by atoms with van der Waals surface area (Å²) in [4.78, 5) is 11.6. The molecule has 2 heterocycles. The zero-order valence-electron chi connectivity index (χ0n) is 7.71. The lowest BCUT2D eigenvalue weighted by molar-refractivity contribution is -0.117. The van der Waals surface area contributed by atoms with Crippen LogP contribution in [0.5, 0.6) is 0 Å². The Morgan fingerprint density at radius 1 is 1.62 bits per heavy atom. The topological polar surface area (TPSA) is 38.3 Å². The van der Waals surface area contributed by atoms with Gasteiger partial charge < -0.3 is 10.1 Å². The molecule has 0 amide bonds. The van der Waals surface area contributed by atoms with Crippen molar-refractivity contribution in [2.75, 3.05) is 19.7 Å². The number of carbonyl (C=O) groups excluding carboxylic acids is 1. The minimum atomic E-state index is 0.284. The summed E-state index contributed by atoms with van der Waals surface area (Å²) in [6, 6.07) is 0. The van der Waals surface area contributed by atoms with Gasteiger partial charge in [-0.1, -0.05) is 0 Å². The minimum absolute atomic E-state index is 0.284. The highest BCUT2D eigenvalue weighted by molar-refractivity contribution is 5.95. The SMILES string of the molecule is O=C(CC1CNC1)C1=COCCC1. The number of ether oxygens (including phenoxy) is 1. The molecule has 0 atom stereocenters. The number of ketones is 1. The Morgan fingerprint density at radius 3 is 3.00 bits per heavy atom. The predicted molar refractivity (Wildman–Crippen MR) is 49.3 cm³/mol. The van der Waals surface area contributed by atoms with Crippen LogP contribution in [0.15, 0.2) is 11.8 Å². The van der Waals surface area contributed by atoms with Crippen LogP contribution in [0, 0.1) is 5.92 Å². The van der Waals surface area contributed by atoms with E-state index < -0.39 is 0 Å². The molecule has 0 aromatic heterocycles. The van der Waals surface area contributed by atoms with E-state index in [1.165, 1.54) is 0 Å². The lowest BCUT2D eigenvalue weighted by Crippen LogP contribution is -2.43. The molecule has 2 aliphatic rings. The summed E-state index contributed by atoms with van der Waals surface area (Å²) in [5.74, 6) is 0.849. The summed E-state index contributed by atoms with van der Waals surface area (Å²) >= 11 is 0. The molecular formula is C10H15NO2. The van der Waals surface area contributed by atoms with Gasteiger partial charge in [0.15, 0.2) is 5.78 Å². The van der Waals surface area contributed by atoms with Crippen LogP contribution in [0.1, 0.15) is 19.3 Å². The standard InChI is InChI=1S/C10H15NO2/c12-10(4-8-5-11-6-8)9-2-1-3-13-7-9/h7-8,11H,1-6H2. The third kappa shape index (κ3) is 2.10. The molecule has 0 aromatic carbocycles. The van der Waals surface area contributed by atoms with Crippen LogP contribution in [0.2, 0.25) is 0 Å². The Bertz CT molecular complexity index is 231. The number of hydrogen-bond donors (Lipinski definition) is 1. The Hall–Kier alpha value is -0.830. The minimum Gasteiger partial charge on any atom is -0.501 e. The number of hydrogen-bond acceptors (Lipinski definition) is 3. The fraction of sp³-hybridized carbons (Fsp3) is 0.700. The van der Waals surface area contributed by atoms with Crippen molar-refractivity contribution in [3.05, 3.63) is 11.8 Å². The molecule has 72 valence electrons. The molecule has 0 aromatic rings. The molecule has 0 aliphatic carbocycles. The number of nitrogens with one attached hydrogen (secondary N) is 1. The summed E-state index contributed by atoms with van der Waals surface area (Å²) in [6.07, 6.45) is 4.24. The third-order valence-electron chi connectivity index (χ3n) is 2.63. The van der Waals surface area contributed by atoms with E-state index in [1.807, 2.05) is 0 Å². The summed E-state index contributed by atoms with van der Waals surface area (Å²) < 4.78 is 5.14. The van der Waals surface area contributed by atoms with E-state index in [4.69, 9.17) is 4.74 Å². The molecule has 2 rings (SSSR count). The molecule has 3 heteroatoms. The number of rotatable bonds is 3. The second-order valence-electron chi connectivity index (χ2n) is 3.77. The molecule has 1 fully saturated rings. The summed E-state index contributed by atoms with van der Waals surface area (Å²) in [5.41, 5.74) is 0.887. The Kier molecular flexibility index (Phi) is 2.64. The molecule has 0 bridgehead atoms. The Labute approximate surface area is 78.1 Å². The Balaban J connectivity index is 1.84. The van der Waals surface area contributed by atoms with Crippen LogP contribution in [-0.4, -0.2) is 25.5 Å². The fourth-order valence-corrected chi connectivity index (χ4v) is 1.66. The molecule has 2 aliphatic heterocycles. The van der Waals surface area contributed by atoms with Crippen molar-refractivity contribution in [1.82, 2.24) is 5.32 Å². The zero-order chi connectivity index (χ0) is 9.10. The van der Waals surface area contributed by atoms with Crippen molar-refractivity contribution in [2.24, 2.45) is 5.92 Å². The first-order valence-corrected chi connectivity index (χ1v) is 4.91. The highest BCUT2D eigenvalue weighted by atomic mass is 16.5. The van der Waals surface area contributed by atoms with Gasteiger partial charge in [0, 0.05) is 12.0 Å². The average molecular weight is 181 g/mol. The lowest BCUT2D eigenvalue weighted by Gasteiger charge is -2.26. The van der Waals surface area contributed by atoms with E-state index in [9.17, 15) is 4.79 Å². The van der Waals surface area contributed by atoms with E-state index in [-0.39, 0.29) is 5.78 Å². The quantitative estimate of drug-likeness (QED) is 0.701.